The van der Waals surface area contributed by atoms with Gasteiger partial charge in [0.15, 0.2) is 5.78 Å². The molecule has 4 heteroatoms. The van der Waals surface area contributed by atoms with Gasteiger partial charge in [0, 0.05) is 12.5 Å². The van der Waals surface area contributed by atoms with Crippen LogP contribution in [0, 0.1) is 5.92 Å². The molecule has 0 radical (unpaired) electrons. The highest BCUT2D eigenvalue weighted by molar-refractivity contribution is 5.82. The molecular weight excluding hydrogens is 220 g/mol. The Hall–Kier alpha value is -0.450. The van der Waals surface area contributed by atoms with Gasteiger partial charge in [-0.1, -0.05) is 0 Å². The highest BCUT2D eigenvalue weighted by Gasteiger charge is 2.28. The van der Waals surface area contributed by atoms with Crippen molar-refractivity contribution in [1.82, 2.24) is 0 Å². The first-order valence-corrected chi connectivity index (χ1v) is 6.52. The molecule has 0 amide bonds. The van der Waals surface area contributed by atoms with Gasteiger partial charge in [-0.3, -0.25) is 4.79 Å². The lowest BCUT2D eigenvalue weighted by molar-refractivity contribution is -0.137. The van der Waals surface area contributed by atoms with Crippen LogP contribution in [0.25, 0.3) is 0 Å². The fraction of sp³-hybridized carbons (Fsp3) is 0.923. The predicted octanol–water partition coefficient (Wildman–Crippen LogP) is 1.56. The third-order valence-electron chi connectivity index (χ3n) is 3.50. The van der Waals surface area contributed by atoms with Crippen LogP contribution in [0.2, 0.25) is 0 Å². The van der Waals surface area contributed by atoms with Gasteiger partial charge in [0.1, 0.15) is 6.61 Å². The van der Waals surface area contributed by atoms with Crippen LogP contribution in [0.4, 0.5) is 0 Å². The third-order valence-corrected chi connectivity index (χ3v) is 3.50. The standard InChI is InChI=1S/C13H22O4/c1-9-5-12(6-10(2)17-9)16-8-13(14)11-3-4-15-7-11/h9-12H,3-8H2,1-2H3. The summed E-state index contributed by atoms with van der Waals surface area (Å²) < 4.78 is 16.6. The lowest BCUT2D eigenvalue weighted by atomic mass is 10.0. The maximum absolute atomic E-state index is 11.8. The number of carbonyl (C=O) groups excluding carboxylic acids is 1. The first-order chi connectivity index (χ1) is 8.15. The van der Waals surface area contributed by atoms with E-state index in [4.69, 9.17) is 14.2 Å². The van der Waals surface area contributed by atoms with Gasteiger partial charge in [-0.25, -0.2) is 0 Å². The molecule has 3 unspecified atom stereocenters. The van der Waals surface area contributed by atoms with Gasteiger partial charge < -0.3 is 14.2 Å². The Morgan fingerprint density at radius 1 is 1.29 bits per heavy atom. The van der Waals surface area contributed by atoms with Crippen molar-refractivity contribution in [3.63, 3.8) is 0 Å². The van der Waals surface area contributed by atoms with E-state index >= 15 is 0 Å². The number of ketones is 1. The minimum atomic E-state index is 0.0599. The van der Waals surface area contributed by atoms with Crippen molar-refractivity contribution in [2.24, 2.45) is 5.92 Å². The van der Waals surface area contributed by atoms with Crippen molar-refractivity contribution < 1.29 is 19.0 Å². The third kappa shape index (κ3) is 3.76. The van der Waals surface area contributed by atoms with Crippen LogP contribution in [-0.2, 0) is 19.0 Å². The molecule has 0 N–H and O–H groups in total. The molecular formula is C13H22O4. The molecule has 2 fully saturated rings. The average Bonchev–Trinajstić information content (AvgIpc) is 2.78. The van der Waals surface area contributed by atoms with Crippen LogP contribution in [0.15, 0.2) is 0 Å². The molecule has 0 aromatic carbocycles. The number of ether oxygens (including phenoxy) is 3. The summed E-state index contributed by atoms with van der Waals surface area (Å²) in [7, 11) is 0. The van der Waals surface area contributed by atoms with Gasteiger partial charge in [-0.15, -0.1) is 0 Å². The van der Waals surface area contributed by atoms with Gasteiger partial charge in [-0.2, -0.15) is 0 Å². The van der Waals surface area contributed by atoms with Gasteiger partial charge in [0.2, 0.25) is 0 Å². The molecule has 17 heavy (non-hydrogen) atoms. The van der Waals surface area contributed by atoms with Gasteiger partial charge in [0.25, 0.3) is 0 Å². The zero-order valence-electron chi connectivity index (χ0n) is 10.7. The second-order valence-corrected chi connectivity index (χ2v) is 5.19. The maximum Gasteiger partial charge on any atom is 0.163 e. The molecule has 4 nitrogen and oxygen atoms in total. The fourth-order valence-electron chi connectivity index (χ4n) is 2.59. The van der Waals surface area contributed by atoms with Gasteiger partial charge in [-0.05, 0) is 33.1 Å². The van der Waals surface area contributed by atoms with Crippen molar-refractivity contribution in [2.75, 3.05) is 19.8 Å². The molecule has 3 atom stereocenters. The normalized spacial score (nSPS) is 38.2. The average molecular weight is 242 g/mol. The summed E-state index contributed by atoms with van der Waals surface area (Å²) in [6, 6.07) is 0. The lowest BCUT2D eigenvalue weighted by Crippen LogP contribution is -2.35. The first-order valence-electron chi connectivity index (χ1n) is 6.52. The van der Waals surface area contributed by atoms with E-state index < -0.39 is 0 Å². The monoisotopic (exact) mass is 242 g/mol. The highest BCUT2D eigenvalue weighted by atomic mass is 16.5. The van der Waals surface area contributed by atoms with E-state index in [0.29, 0.717) is 13.2 Å². The fourth-order valence-corrected chi connectivity index (χ4v) is 2.59. The van der Waals surface area contributed by atoms with E-state index in [9.17, 15) is 4.79 Å². The summed E-state index contributed by atoms with van der Waals surface area (Å²) in [6.07, 6.45) is 3.25. The zero-order chi connectivity index (χ0) is 12.3. The molecule has 0 spiro atoms. The van der Waals surface area contributed by atoms with Crippen molar-refractivity contribution in [3.8, 4) is 0 Å². The van der Waals surface area contributed by atoms with Crippen molar-refractivity contribution in [1.29, 1.82) is 0 Å². The molecule has 0 saturated carbocycles. The van der Waals surface area contributed by atoms with Crippen molar-refractivity contribution >= 4 is 5.78 Å². The predicted molar refractivity (Wildman–Crippen MR) is 62.9 cm³/mol. The van der Waals surface area contributed by atoms with Crippen LogP contribution in [0.1, 0.15) is 33.1 Å². The topological polar surface area (TPSA) is 44.8 Å². The first kappa shape index (κ1) is 13.0. The molecule has 0 aromatic heterocycles. The molecule has 0 aromatic rings. The Morgan fingerprint density at radius 3 is 2.59 bits per heavy atom. The van der Waals surface area contributed by atoms with E-state index in [-0.39, 0.29) is 36.6 Å². The van der Waals surface area contributed by atoms with E-state index in [1.54, 1.807) is 0 Å². The van der Waals surface area contributed by atoms with E-state index in [1.807, 2.05) is 0 Å². The van der Waals surface area contributed by atoms with Gasteiger partial charge in [0.05, 0.1) is 24.9 Å². The van der Waals surface area contributed by atoms with Crippen LogP contribution in [0.3, 0.4) is 0 Å². The number of Topliss-reactive ketones (excluding diaryl/α,β-unsaturated/α-hetero) is 1. The minimum absolute atomic E-state index is 0.0599. The zero-order valence-corrected chi connectivity index (χ0v) is 10.7. The Kier molecular flexibility index (Phi) is 4.54. The summed E-state index contributed by atoms with van der Waals surface area (Å²) in [5.74, 6) is 0.249. The summed E-state index contributed by atoms with van der Waals surface area (Å²) in [5, 5.41) is 0. The maximum atomic E-state index is 11.8. The Labute approximate surface area is 103 Å². The summed E-state index contributed by atoms with van der Waals surface area (Å²) in [4.78, 5) is 11.8. The Balaban J connectivity index is 1.71. The summed E-state index contributed by atoms with van der Waals surface area (Å²) in [5.41, 5.74) is 0. The Morgan fingerprint density at radius 2 is 2.00 bits per heavy atom. The SMILES string of the molecule is CC1CC(OCC(=O)C2CCOC2)CC(C)O1. The number of hydrogen-bond acceptors (Lipinski definition) is 4. The quantitative estimate of drug-likeness (QED) is 0.750. The van der Waals surface area contributed by atoms with Crippen molar-refractivity contribution in [2.45, 2.75) is 51.4 Å². The molecule has 2 aliphatic heterocycles. The van der Waals surface area contributed by atoms with E-state index in [0.717, 1.165) is 19.3 Å². The summed E-state index contributed by atoms with van der Waals surface area (Å²) in [6.45, 7) is 5.62. The van der Waals surface area contributed by atoms with E-state index in [1.165, 1.54) is 0 Å². The Bertz CT molecular complexity index is 250. The highest BCUT2D eigenvalue weighted by Crippen LogP contribution is 2.22. The lowest BCUT2D eigenvalue weighted by Gasteiger charge is -2.31. The number of rotatable bonds is 4. The molecule has 2 rings (SSSR count). The molecule has 0 aliphatic carbocycles. The second kappa shape index (κ2) is 5.94. The minimum Gasteiger partial charge on any atom is -0.381 e. The molecule has 0 bridgehead atoms. The number of carbonyl (C=O) groups is 1. The van der Waals surface area contributed by atoms with Crippen LogP contribution in [-0.4, -0.2) is 43.9 Å². The second-order valence-electron chi connectivity index (χ2n) is 5.19. The number of hydrogen-bond donors (Lipinski definition) is 0. The molecule has 2 aliphatic rings. The van der Waals surface area contributed by atoms with Crippen LogP contribution in [0.5, 0.6) is 0 Å². The molecule has 98 valence electrons. The van der Waals surface area contributed by atoms with Crippen LogP contribution < -0.4 is 0 Å². The largest absolute Gasteiger partial charge is 0.381 e. The molecule has 2 saturated heterocycles. The smallest absolute Gasteiger partial charge is 0.163 e. The molecule has 2 heterocycles. The van der Waals surface area contributed by atoms with Gasteiger partial charge >= 0.3 is 0 Å². The van der Waals surface area contributed by atoms with Crippen molar-refractivity contribution in [3.05, 3.63) is 0 Å². The van der Waals surface area contributed by atoms with E-state index in [2.05, 4.69) is 13.8 Å². The van der Waals surface area contributed by atoms with Crippen LogP contribution >= 0.6 is 0 Å². The summed E-state index contributed by atoms with van der Waals surface area (Å²) >= 11 is 0.